The Morgan fingerprint density at radius 1 is 1.46 bits per heavy atom. The standard InChI is InChI=1S/C10H12F2O/c1-7(13)5-8-3-2-4-10(12)9(8)6-11/h2-4,7,13H,5-6H2,1H3. The SMILES string of the molecule is CC(O)Cc1cccc(F)c1CF. The molecule has 0 radical (unpaired) electrons. The van der Waals surface area contributed by atoms with E-state index in [1.807, 2.05) is 0 Å². The van der Waals surface area contributed by atoms with Crippen molar-refractivity contribution < 1.29 is 13.9 Å². The summed E-state index contributed by atoms with van der Waals surface area (Å²) >= 11 is 0. The molecule has 0 fully saturated rings. The maximum Gasteiger partial charge on any atom is 0.129 e. The molecule has 0 bridgehead atoms. The topological polar surface area (TPSA) is 20.2 Å². The van der Waals surface area contributed by atoms with Crippen LogP contribution in [0.15, 0.2) is 18.2 Å². The average molecular weight is 186 g/mol. The van der Waals surface area contributed by atoms with Gasteiger partial charge in [0.15, 0.2) is 0 Å². The van der Waals surface area contributed by atoms with Gasteiger partial charge < -0.3 is 5.11 Å². The highest BCUT2D eigenvalue weighted by Gasteiger charge is 2.09. The van der Waals surface area contributed by atoms with E-state index in [1.54, 1.807) is 13.0 Å². The molecule has 1 atom stereocenters. The lowest BCUT2D eigenvalue weighted by molar-refractivity contribution is 0.195. The number of hydrogen-bond donors (Lipinski definition) is 1. The predicted molar refractivity (Wildman–Crippen MR) is 46.6 cm³/mol. The van der Waals surface area contributed by atoms with Gasteiger partial charge in [0.1, 0.15) is 12.5 Å². The lowest BCUT2D eigenvalue weighted by atomic mass is 10.0. The van der Waals surface area contributed by atoms with Gasteiger partial charge in [0, 0.05) is 5.56 Å². The first kappa shape index (κ1) is 10.1. The van der Waals surface area contributed by atoms with Gasteiger partial charge in [0.2, 0.25) is 0 Å². The van der Waals surface area contributed by atoms with Crippen molar-refractivity contribution in [2.45, 2.75) is 26.1 Å². The molecular formula is C10H12F2O. The number of benzene rings is 1. The Balaban J connectivity index is 2.98. The van der Waals surface area contributed by atoms with E-state index in [2.05, 4.69) is 0 Å². The number of aliphatic hydroxyl groups is 1. The van der Waals surface area contributed by atoms with E-state index in [1.165, 1.54) is 12.1 Å². The van der Waals surface area contributed by atoms with Crippen LogP contribution < -0.4 is 0 Å². The summed E-state index contributed by atoms with van der Waals surface area (Å²) in [4.78, 5) is 0. The van der Waals surface area contributed by atoms with Crippen molar-refractivity contribution in [1.82, 2.24) is 0 Å². The van der Waals surface area contributed by atoms with Gasteiger partial charge in [0.25, 0.3) is 0 Å². The van der Waals surface area contributed by atoms with E-state index >= 15 is 0 Å². The van der Waals surface area contributed by atoms with Crippen LogP contribution in [-0.2, 0) is 13.1 Å². The van der Waals surface area contributed by atoms with Crippen molar-refractivity contribution in [3.05, 3.63) is 35.1 Å². The van der Waals surface area contributed by atoms with Crippen molar-refractivity contribution in [3.63, 3.8) is 0 Å². The van der Waals surface area contributed by atoms with E-state index in [0.717, 1.165) is 0 Å². The lowest BCUT2D eigenvalue weighted by Crippen LogP contribution is -2.07. The molecule has 0 aromatic heterocycles. The molecule has 0 aliphatic carbocycles. The normalized spacial score (nSPS) is 12.9. The first-order valence-corrected chi connectivity index (χ1v) is 4.15. The van der Waals surface area contributed by atoms with Crippen LogP contribution in [0.5, 0.6) is 0 Å². The van der Waals surface area contributed by atoms with E-state index < -0.39 is 18.6 Å². The molecule has 1 aromatic carbocycles. The molecule has 0 aliphatic rings. The molecule has 1 aromatic rings. The Labute approximate surface area is 76.0 Å². The Bertz CT molecular complexity index is 284. The third kappa shape index (κ3) is 2.49. The second-order valence-corrected chi connectivity index (χ2v) is 3.06. The summed E-state index contributed by atoms with van der Waals surface area (Å²) in [5.74, 6) is -0.541. The third-order valence-corrected chi connectivity index (χ3v) is 1.86. The fraction of sp³-hybridized carbons (Fsp3) is 0.400. The van der Waals surface area contributed by atoms with Crippen LogP contribution in [0.4, 0.5) is 8.78 Å². The van der Waals surface area contributed by atoms with Crippen LogP contribution in [0.2, 0.25) is 0 Å². The Hall–Kier alpha value is -0.960. The van der Waals surface area contributed by atoms with Crippen molar-refractivity contribution in [2.75, 3.05) is 0 Å². The molecule has 0 spiro atoms. The van der Waals surface area contributed by atoms with Crippen LogP contribution in [0.25, 0.3) is 0 Å². The first-order chi connectivity index (χ1) is 6.15. The quantitative estimate of drug-likeness (QED) is 0.767. The van der Waals surface area contributed by atoms with Gasteiger partial charge in [-0.25, -0.2) is 8.78 Å². The summed E-state index contributed by atoms with van der Waals surface area (Å²) in [5.41, 5.74) is 0.598. The number of hydrogen-bond acceptors (Lipinski definition) is 1. The number of rotatable bonds is 3. The third-order valence-electron chi connectivity index (χ3n) is 1.86. The fourth-order valence-corrected chi connectivity index (χ4v) is 1.26. The van der Waals surface area contributed by atoms with Crippen LogP contribution in [0, 0.1) is 5.82 Å². The Morgan fingerprint density at radius 3 is 2.69 bits per heavy atom. The summed E-state index contributed by atoms with van der Waals surface area (Å²) in [6.45, 7) is 0.766. The predicted octanol–water partition coefficient (Wildman–Crippen LogP) is 2.22. The number of halogens is 2. The van der Waals surface area contributed by atoms with Crippen LogP contribution >= 0.6 is 0 Å². The van der Waals surface area contributed by atoms with Gasteiger partial charge in [-0.2, -0.15) is 0 Å². The zero-order chi connectivity index (χ0) is 9.84. The van der Waals surface area contributed by atoms with Crippen molar-refractivity contribution in [2.24, 2.45) is 0 Å². The molecule has 0 saturated heterocycles. The van der Waals surface area contributed by atoms with Gasteiger partial charge in [-0.3, -0.25) is 0 Å². The minimum Gasteiger partial charge on any atom is -0.393 e. The molecule has 0 aliphatic heterocycles. The molecule has 3 heteroatoms. The highest BCUT2D eigenvalue weighted by molar-refractivity contribution is 5.28. The average Bonchev–Trinajstić information content (AvgIpc) is 2.03. The summed E-state index contributed by atoms with van der Waals surface area (Å²) in [7, 11) is 0. The van der Waals surface area contributed by atoms with Gasteiger partial charge in [0.05, 0.1) is 6.10 Å². The van der Waals surface area contributed by atoms with Gasteiger partial charge in [-0.05, 0) is 25.0 Å². The number of aliphatic hydroxyl groups excluding tert-OH is 1. The molecule has 0 amide bonds. The number of alkyl halides is 1. The molecule has 72 valence electrons. The maximum atomic E-state index is 13.0. The summed E-state index contributed by atoms with van der Waals surface area (Å²) in [6.07, 6.45) is -0.288. The van der Waals surface area contributed by atoms with Crippen LogP contribution in [-0.4, -0.2) is 11.2 Å². The first-order valence-electron chi connectivity index (χ1n) is 4.15. The highest BCUT2D eigenvalue weighted by atomic mass is 19.1. The minimum atomic E-state index is -0.825. The summed E-state index contributed by atoms with van der Waals surface area (Å²) in [6, 6.07) is 4.37. The maximum absolute atomic E-state index is 13.0. The van der Waals surface area contributed by atoms with Crippen molar-refractivity contribution in [3.8, 4) is 0 Å². The van der Waals surface area contributed by atoms with Crippen molar-refractivity contribution in [1.29, 1.82) is 0 Å². The van der Waals surface area contributed by atoms with E-state index in [0.29, 0.717) is 5.56 Å². The second kappa shape index (κ2) is 4.33. The molecule has 1 rings (SSSR count). The Morgan fingerprint density at radius 2 is 2.15 bits per heavy atom. The molecule has 0 saturated carbocycles. The van der Waals surface area contributed by atoms with Crippen LogP contribution in [0.1, 0.15) is 18.1 Å². The minimum absolute atomic E-state index is 0.0587. The summed E-state index contributed by atoms with van der Waals surface area (Å²) in [5, 5.41) is 9.07. The van der Waals surface area contributed by atoms with Gasteiger partial charge in [-0.1, -0.05) is 12.1 Å². The van der Waals surface area contributed by atoms with E-state index in [-0.39, 0.29) is 12.0 Å². The Kier molecular flexibility index (Phi) is 3.37. The van der Waals surface area contributed by atoms with Crippen LogP contribution in [0.3, 0.4) is 0 Å². The van der Waals surface area contributed by atoms with Gasteiger partial charge >= 0.3 is 0 Å². The van der Waals surface area contributed by atoms with Gasteiger partial charge in [-0.15, -0.1) is 0 Å². The molecule has 1 unspecified atom stereocenters. The zero-order valence-electron chi connectivity index (χ0n) is 7.43. The molecule has 1 N–H and O–H groups in total. The fourth-order valence-electron chi connectivity index (χ4n) is 1.26. The largest absolute Gasteiger partial charge is 0.393 e. The second-order valence-electron chi connectivity index (χ2n) is 3.06. The van der Waals surface area contributed by atoms with E-state index in [4.69, 9.17) is 5.11 Å². The molecule has 13 heavy (non-hydrogen) atoms. The molecule has 0 heterocycles. The van der Waals surface area contributed by atoms with E-state index in [9.17, 15) is 8.78 Å². The summed E-state index contributed by atoms with van der Waals surface area (Å²) < 4.78 is 25.4. The lowest BCUT2D eigenvalue weighted by Gasteiger charge is -2.08. The molecular weight excluding hydrogens is 174 g/mol. The molecule has 1 nitrogen and oxygen atoms in total. The highest BCUT2D eigenvalue weighted by Crippen LogP contribution is 2.16. The smallest absolute Gasteiger partial charge is 0.129 e. The monoisotopic (exact) mass is 186 g/mol. The van der Waals surface area contributed by atoms with Crippen molar-refractivity contribution >= 4 is 0 Å². The zero-order valence-corrected chi connectivity index (χ0v) is 7.43.